The van der Waals surface area contributed by atoms with Gasteiger partial charge in [0.15, 0.2) is 0 Å². The first-order valence-corrected chi connectivity index (χ1v) is 12.4. The second-order valence-electron chi connectivity index (χ2n) is 10.3. The van der Waals surface area contributed by atoms with E-state index in [0.29, 0.717) is 47.0 Å². The SMILES string of the molecule is CC12CCC(CCOc3ccc(C#N)c(C#N)c3)(O1)C1C(=O)N(c3ccc(C#N)c4ccccc34)C(=O)C12. The summed E-state index contributed by atoms with van der Waals surface area (Å²) in [6.07, 6.45) is 1.68. The minimum absolute atomic E-state index is 0.220. The summed E-state index contributed by atoms with van der Waals surface area (Å²) in [5, 5.41) is 29.3. The molecule has 3 aromatic rings. The lowest BCUT2D eigenvalue weighted by Gasteiger charge is -2.31. The van der Waals surface area contributed by atoms with Gasteiger partial charge in [-0.25, -0.2) is 4.90 Å². The van der Waals surface area contributed by atoms with Crippen LogP contribution < -0.4 is 9.64 Å². The maximum atomic E-state index is 14.0. The molecule has 0 N–H and O–H groups in total. The summed E-state index contributed by atoms with van der Waals surface area (Å²) in [4.78, 5) is 29.1. The third-order valence-electron chi connectivity index (χ3n) is 8.30. The van der Waals surface area contributed by atoms with Gasteiger partial charge in [-0.3, -0.25) is 9.59 Å². The number of amides is 2. The molecule has 0 radical (unpaired) electrons. The molecule has 4 unspecified atom stereocenters. The van der Waals surface area contributed by atoms with Crippen LogP contribution in [-0.4, -0.2) is 29.6 Å². The third-order valence-corrected chi connectivity index (χ3v) is 8.30. The number of benzene rings is 3. The number of nitriles is 3. The molecule has 8 nitrogen and oxygen atoms in total. The Morgan fingerprint density at radius 3 is 2.32 bits per heavy atom. The van der Waals surface area contributed by atoms with Crippen LogP contribution in [0.5, 0.6) is 5.75 Å². The molecule has 0 aromatic heterocycles. The summed E-state index contributed by atoms with van der Waals surface area (Å²) in [6.45, 7) is 2.13. The Morgan fingerprint density at radius 2 is 1.58 bits per heavy atom. The highest BCUT2D eigenvalue weighted by Gasteiger charge is 2.73. The monoisotopic (exact) mass is 502 g/mol. The third kappa shape index (κ3) is 3.23. The minimum Gasteiger partial charge on any atom is -0.493 e. The van der Waals surface area contributed by atoms with Crippen molar-refractivity contribution in [1.82, 2.24) is 0 Å². The lowest BCUT2D eigenvalue weighted by atomic mass is 9.67. The van der Waals surface area contributed by atoms with Crippen LogP contribution in [-0.2, 0) is 14.3 Å². The molecule has 3 saturated heterocycles. The standard InChI is InChI=1S/C30H22N4O4/c1-29-10-11-30(38-29,12-13-37-21-8-6-18(15-31)20(14-21)17-33)26-25(29)27(35)34(28(26)36)24-9-7-19(16-32)22-4-2-3-5-23(22)24/h2-9,14,25-26H,10-13H2,1H3. The second kappa shape index (κ2) is 8.42. The van der Waals surface area contributed by atoms with E-state index in [4.69, 9.17) is 14.7 Å². The van der Waals surface area contributed by atoms with Gasteiger partial charge >= 0.3 is 0 Å². The van der Waals surface area contributed by atoms with Crippen molar-refractivity contribution in [3.8, 4) is 24.0 Å². The van der Waals surface area contributed by atoms with Gasteiger partial charge in [-0.2, -0.15) is 15.8 Å². The topological polar surface area (TPSA) is 127 Å². The molecular weight excluding hydrogens is 480 g/mol. The van der Waals surface area contributed by atoms with E-state index in [1.807, 2.05) is 43.3 Å². The Balaban J connectivity index is 1.30. The van der Waals surface area contributed by atoms with Crippen molar-refractivity contribution in [3.63, 3.8) is 0 Å². The van der Waals surface area contributed by atoms with Gasteiger partial charge in [-0.15, -0.1) is 0 Å². The van der Waals surface area contributed by atoms with Crippen LogP contribution in [0.25, 0.3) is 10.8 Å². The van der Waals surface area contributed by atoms with E-state index >= 15 is 0 Å². The lowest BCUT2D eigenvalue weighted by molar-refractivity contribution is -0.131. The smallest absolute Gasteiger partial charge is 0.240 e. The molecule has 3 aliphatic heterocycles. The van der Waals surface area contributed by atoms with Crippen LogP contribution in [0.4, 0.5) is 5.69 Å². The molecule has 3 fully saturated rings. The number of imide groups is 1. The molecule has 3 heterocycles. The van der Waals surface area contributed by atoms with Crippen molar-refractivity contribution in [2.24, 2.45) is 11.8 Å². The van der Waals surface area contributed by atoms with E-state index in [1.54, 1.807) is 24.3 Å². The van der Waals surface area contributed by atoms with Crippen molar-refractivity contribution in [1.29, 1.82) is 15.8 Å². The number of carbonyl (C=O) groups is 2. The van der Waals surface area contributed by atoms with Gasteiger partial charge in [0.2, 0.25) is 11.8 Å². The van der Waals surface area contributed by atoms with Crippen molar-refractivity contribution >= 4 is 28.3 Å². The van der Waals surface area contributed by atoms with Crippen LogP contribution in [0.1, 0.15) is 42.9 Å². The molecule has 3 aromatic carbocycles. The van der Waals surface area contributed by atoms with E-state index in [9.17, 15) is 20.1 Å². The first-order valence-electron chi connectivity index (χ1n) is 12.4. The van der Waals surface area contributed by atoms with Gasteiger partial charge in [0.1, 0.15) is 17.9 Å². The van der Waals surface area contributed by atoms with Gasteiger partial charge in [-0.1, -0.05) is 24.3 Å². The molecule has 0 spiro atoms. The molecule has 0 aliphatic carbocycles. The van der Waals surface area contributed by atoms with Crippen LogP contribution in [0, 0.1) is 45.8 Å². The lowest BCUT2D eigenvalue weighted by Crippen LogP contribution is -2.43. The maximum absolute atomic E-state index is 14.0. The zero-order valence-electron chi connectivity index (χ0n) is 20.6. The fourth-order valence-electron chi connectivity index (χ4n) is 6.57. The molecule has 6 rings (SSSR count). The summed E-state index contributed by atoms with van der Waals surface area (Å²) < 4.78 is 12.4. The Kier molecular flexibility index (Phi) is 5.24. The average molecular weight is 503 g/mol. The quantitative estimate of drug-likeness (QED) is 0.475. The summed E-state index contributed by atoms with van der Waals surface area (Å²) in [7, 11) is 0. The Bertz CT molecular complexity index is 1660. The van der Waals surface area contributed by atoms with Gasteiger partial charge in [0.05, 0.1) is 58.1 Å². The predicted octanol–water partition coefficient (Wildman–Crippen LogP) is 4.35. The highest BCUT2D eigenvalue weighted by Crippen LogP contribution is 2.62. The summed E-state index contributed by atoms with van der Waals surface area (Å²) in [5.74, 6) is -1.35. The molecule has 0 saturated carbocycles. The Morgan fingerprint density at radius 1 is 0.895 bits per heavy atom. The van der Waals surface area contributed by atoms with Gasteiger partial charge < -0.3 is 9.47 Å². The van der Waals surface area contributed by atoms with Crippen LogP contribution in [0.2, 0.25) is 0 Å². The van der Waals surface area contributed by atoms with Gasteiger partial charge in [0, 0.05) is 17.2 Å². The molecule has 38 heavy (non-hydrogen) atoms. The number of hydrogen-bond acceptors (Lipinski definition) is 7. The van der Waals surface area contributed by atoms with Gasteiger partial charge in [0.25, 0.3) is 0 Å². The molecule has 2 bridgehead atoms. The molecule has 3 aliphatic rings. The van der Waals surface area contributed by atoms with Crippen LogP contribution >= 0.6 is 0 Å². The fraction of sp³-hybridized carbons (Fsp3) is 0.300. The first kappa shape index (κ1) is 23.7. The first-order chi connectivity index (χ1) is 18.4. The average Bonchev–Trinajstić information content (AvgIpc) is 3.52. The molecule has 8 heteroatoms. The van der Waals surface area contributed by atoms with Crippen molar-refractivity contribution < 1.29 is 19.1 Å². The number of nitrogens with zero attached hydrogens (tertiary/aromatic N) is 4. The normalized spacial score (nSPS) is 27.2. The number of anilines is 1. The highest BCUT2D eigenvalue weighted by atomic mass is 16.5. The molecular formula is C30H22N4O4. The highest BCUT2D eigenvalue weighted by molar-refractivity contribution is 6.26. The van der Waals surface area contributed by atoms with Crippen LogP contribution in [0.15, 0.2) is 54.6 Å². The number of rotatable bonds is 5. The zero-order valence-corrected chi connectivity index (χ0v) is 20.6. The molecule has 186 valence electrons. The number of fused-ring (bicyclic) bond motifs is 6. The predicted molar refractivity (Wildman–Crippen MR) is 136 cm³/mol. The number of carbonyl (C=O) groups excluding carboxylic acids is 2. The number of ether oxygens (including phenoxy) is 2. The van der Waals surface area contributed by atoms with E-state index in [2.05, 4.69) is 6.07 Å². The van der Waals surface area contributed by atoms with E-state index in [0.717, 1.165) is 0 Å². The van der Waals surface area contributed by atoms with Crippen molar-refractivity contribution in [2.45, 2.75) is 37.4 Å². The summed E-state index contributed by atoms with van der Waals surface area (Å²) >= 11 is 0. The second-order valence-corrected chi connectivity index (χ2v) is 10.3. The summed E-state index contributed by atoms with van der Waals surface area (Å²) in [6, 6.07) is 21.5. The fourth-order valence-corrected chi connectivity index (χ4v) is 6.57. The Hall–Kier alpha value is -4.71. The number of hydrogen-bond donors (Lipinski definition) is 0. The van der Waals surface area contributed by atoms with E-state index < -0.39 is 23.0 Å². The van der Waals surface area contributed by atoms with E-state index in [-0.39, 0.29) is 29.5 Å². The van der Waals surface area contributed by atoms with E-state index in [1.165, 1.54) is 11.0 Å². The summed E-state index contributed by atoms with van der Waals surface area (Å²) in [5.41, 5.74) is -0.117. The minimum atomic E-state index is -0.839. The van der Waals surface area contributed by atoms with Gasteiger partial charge in [-0.05, 0) is 50.1 Å². The maximum Gasteiger partial charge on any atom is 0.240 e. The Labute approximate surface area is 219 Å². The van der Waals surface area contributed by atoms with Crippen molar-refractivity contribution in [2.75, 3.05) is 11.5 Å². The molecule has 2 amide bonds. The zero-order chi connectivity index (χ0) is 26.7. The largest absolute Gasteiger partial charge is 0.493 e. The van der Waals surface area contributed by atoms with Crippen molar-refractivity contribution in [3.05, 3.63) is 71.3 Å². The molecule has 4 atom stereocenters. The van der Waals surface area contributed by atoms with Crippen LogP contribution in [0.3, 0.4) is 0 Å².